The first-order valence-electron chi connectivity index (χ1n) is 5.97. The second-order valence-electron chi connectivity index (χ2n) is 3.94. The van der Waals surface area contributed by atoms with Crippen LogP contribution in [0.15, 0.2) is 24.3 Å². The van der Waals surface area contributed by atoms with Crippen molar-refractivity contribution < 1.29 is 9.53 Å². The first-order chi connectivity index (χ1) is 8.22. The molecule has 0 saturated carbocycles. The fourth-order valence-electron chi connectivity index (χ4n) is 1.38. The van der Waals surface area contributed by atoms with Gasteiger partial charge in [0.25, 0.3) is 0 Å². The highest BCUT2D eigenvalue weighted by Gasteiger charge is 2.01. The van der Waals surface area contributed by atoms with Crippen molar-refractivity contribution in [3.8, 4) is 0 Å². The maximum absolute atomic E-state index is 11.3. The number of unbranched alkanes of at least 4 members (excludes halogenated alkanes) is 2. The number of nitrogen functional groups attached to an aromatic ring is 1. The maximum atomic E-state index is 11.3. The molecule has 18 heavy (non-hydrogen) atoms. The van der Waals surface area contributed by atoms with Gasteiger partial charge in [0.2, 0.25) is 0 Å². The highest BCUT2D eigenvalue weighted by molar-refractivity contribution is 5.85. The molecule has 0 atom stereocenters. The number of carbonyl (C=O) groups excluding carboxylic acids is 1. The van der Waals surface area contributed by atoms with Crippen LogP contribution in [-0.4, -0.2) is 12.7 Å². The van der Waals surface area contributed by atoms with Gasteiger partial charge in [0.1, 0.15) is 0 Å². The number of hydrogen-bond donors (Lipinski definition) is 2. The van der Waals surface area contributed by atoms with E-state index < -0.39 is 0 Å². The van der Waals surface area contributed by atoms with Crippen LogP contribution in [0.4, 0.5) is 10.5 Å². The second-order valence-corrected chi connectivity index (χ2v) is 3.94. The van der Waals surface area contributed by atoms with Gasteiger partial charge in [-0.1, -0.05) is 31.9 Å². The van der Waals surface area contributed by atoms with Crippen LogP contribution < -0.4 is 11.1 Å². The number of rotatable bonds is 6. The number of ether oxygens (including phenoxy) is 1. The molecule has 0 unspecified atom stereocenters. The van der Waals surface area contributed by atoms with E-state index in [2.05, 4.69) is 12.2 Å². The Hall–Kier alpha value is -1.42. The molecule has 3 N–H and O–H groups in total. The fraction of sp³-hybridized carbons (Fsp3) is 0.462. The lowest BCUT2D eigenvalue weighted by atomic mass is 10.2. The van der Waals surface area contributed by atoms with Crippen molar-refractivity contribution in [3.05, 3.63) is 29.8 Å². The molecule has 4 nitrogen and oxygen atoms in total. The lowest BCUT2D eigenvalue weighted by Crippen LogP contribution is -2.24. The van der Waals surface area contributed by atoms with Crippen molar-refractivity contribution in [2.24, 2.45) is 0 Å². The molecule has 0 aliphatic heterocycles. The topological polar surface area (TPSA) is 64.3 Å². The minimum atomic E-state index is -0.363. The molecule has 0 aliphatic rings. The van der Waals surface area contributed by atoms with Crippen LogP contribution in [-0.2, 0) is 11.3 Å². The molecule has 0 fully saturated rings. The molecule has 0 heterocycles. The molecule has 0 radical (unpaired) electrons. The molecule has 0 bridgehead atoms. The first-order valence-corrected chi connectivity index (χ1v) is 5.97. The van der Waals surface area contributed by atoms with Gasteiger partial charge in [-0.2, -0.15) is 0 Å². The van der Waals surface area contributed by atoms with Crippen LogP contribution in [0.3, 0.4) is 0 Å². The monoisotopic (exact) mass is 272 g/mol. The highest BCUT2D eigenvalue weighted by atomic mass is 35.5. The summed E-state index contributed by atoms with van der Waals surface area (Å²) in [5, 5.41) is 2.69. The summed E-state index contributed by atoms with van der Waals surface area (Å²) in [6.07, 6.45) is 2.77. The fourth-order valence-corrected chi connectivity index (χ4v) is 1.38. The van der Waals surface area contributed by atoms with E-state index in [0.29, 0.717) is 13.2 Å². The van der Waals surface area contributed by atoms with Gasteiger partial charge in [0, 0.05) is 12.2 Å². The van der Waals surface area contributed by atoms with Crippen LogP contribution in [0.1, 0.15) is 31.7 Å². The second kappa shape index (κ2) is 9.59. The van der Waals surface area contributed by atoms with E-state index in [1.54, 1.807) is 0 Å². The number of hydrogen-bond acceptors (Lipinski definition) is 3. The van der Waals surface area contributed by atoms with E-state index in [1.165, 1.54) is 0 Å². The largest absolute Gasteiger partial charge is 0.450 e. The van der Waals surface area contributed by atoms with Gasteiger partial charge in [-0.15, -0.1) is 12.4 Å². The number of halogens is 1. The summed E-state index contributed by atoms with van der Waals surface area (Å²) in [5.74, 6) is 0. The number of nitrogens with two attached hydrogens (primary N) is 1. The van der Waals surface area contributed by atoms with E-state index in [4.69, 9.17) is 10.5 Å². The number of benzene rings is 1. The third-order valence-electron chi connectivity index (χ3n) is 2.40. The van der Waals surface area contributed by atoms with E-state index in [0.717, 1.165) is 30.5 Å². The predicted molar refractivity (Wildman–Crippen MR) is 75.8 cm³/mol. The molecule has 1 amide bonds. The quantitative estimate of drug-likeness (QED) is 0.618. The van der Waals surface area contributed by atoms with Crippen LogP contribution in [0.5, 0.6) is 0 Å². The smallest absolute Gasteiger partial charge is 0.407 e. The van der Waals surface area contributed by atoms with Crippen molar-refractivity contribution >= 4 is 24.2 Å². The van der Waals surface area contributed by atoms with E-state index in [9.17, 15) is 4.79 Å². The zero-order valence-electron chi connectivity index (χ0n) is 10.6. The van der Waals surface area contributed by atoms with Crippen LogP contribution >= 0.6 is 12.4 Å². The Morgan fingerprint density at radius 3 is 2.56 bits per heavy atom. The number of anilines is 1. The Morgan fingerprint density at radius 1 is 1.28 bits per heavy atom. The van der Waals surface area contributed by atoms with Crippen molar-refractivity contribution in [3.63, 3.8) is 0 Å². The van der Waals surface area contributed by atoms with E-state index in [1.807, 2.05) is 24.3 Å². The lowest BCUT2D eigenvalue weighted by Gasteiger charge is -2.06. The predicted octanol–water partition coefficient (Wildman–Crippen LogP) is 3.11. The minimum Gasteiger partial charge on any atom is -0.450 e. The summed E-state index contributed by atoms with van der Waals surface area (Å²) in [7, 11) is 0. The van der Waals surface area contributed by atoms with Crippen LogP contribution in [0.2, 0.25) is 0 Å². The molecule has 1 aromatic carbocycles. The standard InChI is InChI=1S/C13H20N2O2.ClH/c1-2-3-4-9-17-13(16)15-10-11-5-7-12(14)8-6-11;/h5-8H,2-4,9-10,14H2,1H3,(H,15,16);1H. The maximum Gasteiger partial charge on any atom is 0.407 e. The van der Waals surface area contributed by atoms with Crippen LogP contribution in [0.25, 0.3) is 0 Å². The molecule has 0 aromatic heterocycles. The molecule has 5 heteroatoms. The molecule has 1 aromatic rings. The normalized spacial score (nSPS) is 9.39. The summed E-state index contributed by atoms with van der Waals surface area (Å²) in [4.78, 5) is 11.3. The molecular formula is C13H21ClN2O2. The van der Waals surface area contributed by atoms with E-state index in [-0.39, 0.29) is 18.5 Å². The number of amides is 1. The molecule has 0 aliphatic carbocycles. The molecular weight excluding hydrogens is 252 g/mol. The van der Waals surface area contributed by atoms with Gasteiger partial charge in [-0.3, -0.25) is 0 Å². The summed E-state index contributed by atoms with van der Waals surface area (Å²) in [5.41, 5.74) is 7.29. The number of nitrogens with one attached hydrogen (secondary N) is 1. The average Bonchev–Trinajstić information content (AvgIpc) is 2.34. The van der Waals surface area contributed by atoms with Gasteiger partial charge in [0.05, 0.1) is 6.61 Å². The van der Waals surface area contributed by atoms with Gasteiger partial charge < -0.3 is 15.8 Å². The lowest BCUT2D eigenvalue weighted by molar-refractivity contribution is 0.143. The van der Waals surface area contributed by atoms with Crippen molar-refractivity contribution in [1.82, 2.24) is 5.32 Å². The molecule has 0 saturated heterocycles. The van der Waals surface area contributed by atoms with Crippen molar-refractivity contribution in [2.45, 2.75) is 32.7 Å². The van der Waals surface area contributed by atoms with Gasteiger partial charge >= 0.3 is 6.09 Å². The Balaban J connectivity index is 0.00000289. The zero-order valence-corrected chi connectivity index (χ0v) is 11.5. The van der Waals surface area contributed by atoms with Gasteiger partial charge in [0.15, 0.2) is 0 Å². The summed E-state index contributed by atoms with van der Waals surface area (Å²) in [6, 6.07) is 7.38. The summed E-state index contributed by atoms with van der Waals surface area (Å²) in [6.45, 7) is 3.06. The summed E-state index contributed by atoms with van der Waals surface area (Å²) >= 11 is 0. The Bertz CT molecular complexity index is 341. The van der Waals surface area contributed by atoms with E-state index >= 15 is 0 Å². The highest BCUT2D eigenvalue weighted by Crippen LogP contribution is 2.04. The third-order valence-corrected chi connectivity index (χ3v) is 2.40. The molecule has 102 valence electrons. The van der Waals surface area contributed by atoms with Gasteiger partial charge in [-0.05, 0) is 24.1 Å². The molecule has 1 rings (SSSR count). The van der Waals surface area contributed by atoms with Gasteiger partial charge in [-0.25, -0.2) is 4.79 Å². The SMILES string of the molecule is CCCCCOC(=O)NCc1ccc(N)cc1.Cl. The third kappa shape index (κ3) is 7.01. The Morgan fingerprint density at radius 2 is 1.94 bits per heavy atom. The first kappa shape index (κ1) is 16.6. The minimum absolute atomic E-state index is 0. The Labute approximate surface area is 114 Å². The zero-order chi connectivity index (χ0) is 12.5. The van der Waals surface area contributed by atoms with Crippen molar-refractivity contribution in [1.29, 1.82) is 0 Å². The van der Waals surface area contributed by atoms with Crippen molar-refractivity contribution in [2.75, 3.05) is 12.3 Å². The number of carbonyl (C=O) groups is 1. The molecule has 0 spiro atoms. The average molecular weight is 273 g/mol. The summed E-state index contributed by atoms with van der Waals surface area (Å²) < 4.78 is 5.01. The van der Waals surface area contributed by atoms with Crippen LogP contribution in [0, 0.1) is 0 Å². The Kier molecular flexibility index (Phi) is 8.84. The number of alkyl carbamates (subject to hydrolysis) is 1.